The number of rotatable bonds is 6. The number of aromatic nitrogens is 1. The van der Waals surface area contributed by atoms with E-state index >= 15 is 0 Å². The number of nitrogens with zero attached hydrogens (tertiary/aromatic N) is 1. The lowest BCUT2D eigenvalue weighted by Crippen LogP contribution is -2.23. The van der Waals surface area contributed by atoms with E-state index in [4.69, 9.17) is 4.42 Å². The van der Waals surface area contributed by atoms with Crippen LogP contribution >= 0.6 is 0 Å². The van der Waals surface area contributed by atoms with Crippen molar-refractivity contribution in [1.82, 2.24) is 9.88 Å². The molecule has 0 bridgehead atoms. The van der Waals surface area contributed by atoms with Crippen molar-refractivity contribution >= 4 is 17.5 Å². The maximum atomic E-state index is 13.3. The van der Waals surface area contributed by atoms with E-state index in [-0.39, 0.29) is 23.4 Å². The number of aryl methyl sites for hydroxylation is 1. The van der Waals surface area contributed by atoms with E-state index in [9.17, 15) is 14.0 Å². The highest BCUT2D eigenvalue weighted by Gasteiger charge is 2.17. The van der Waals surface area contributed by atoms with Crippen molar-refractivity contribution in [2.24, 2.45) is 0 Å². The molecule has 2 N–H and O–H groups in total. The second-order valence-electron chi connectivity index (χ2n) is 7.41. The van der Waals surface area contributed by atoms with E-state index in [1.807, 2.05) is 30.5 Å². The maximum absolute atomic E-state index is 13.3. The molecule has 0 aliphatic rings. The van der Waals surface area contributed by atoms with Gasteiger partial charge in [0.15, 0.2) is 5.76 Å². The standard InChI is InChI=1S/C25H22FN3O3/c1-16-13-22(17(2)29(16)21-10-8-19(26)9-11-21)24(30)27-15-18-5-3-6-20(14-18)28-25(31)23-7-4-12-32-23/h3-14H,15H2,1-2H3,(H,27,30)(H,28,31). The molecule has 2 amide bonds. The van der Waals surface area contributed by atoms with Crippen LogP contribution in [0.5, 0.6) is 0 Å². The van der Waals surface area contributed by atoms with Gasteiger partial charge in [-0.05, 0) is 74.0 Å². The number of carbonyl (C=O) groups is 2. The number of nitrogens with one attached hydrogen (secondary N) is 2. The van der Waals surface area contributed by atoms with Gasteiger partial charge in [-0.3, -0.25) is 9.59 Å². The van der Waals surface area contributed by atoms with E-state index in [1.54, 1.807) is 42.5 Å². The smallest absolute Gasteiger partial charge is 0.291 e. The van der Waals surface area contributed by atoms with Gasteiger partial charge >= 0.3 is 0 Å². The third-order valence-electron chi connectivity index (χ3n) is 5.14. The molecule has 7 heteroatoms. The van der Waals surface area contributed by atoms with Crippen LogP contribution in [0.2, 0.25) is 0 Å². The molecule has 4 rings (SSSR count). The van der Waals surface area contributed by atoms with Crippen LogP contribution in [-0.2, 0) is 6.54 Å². The van der Waals surface area contributed by atoms with Gasteiger partial charge in [-0.2, -0.15) is 0 Å². The zero-order valence-electron chi connectivity index (χ0n) is 17.7. The van der Waals surface area contributed by atoms with Gasteiger partial charge in [-0.25, -0.2) is 4.39 Å². The molecule has 0 atom stereocenters. The Morgan fingerprint density at radius 3 is 2.47 bits per heavy atom. The number of furan rings is 1. The highest BCUT2D eigenvalue weighted by Crippen LogP contribution is 2.21. The molecule has 4 aromatic rings. The number of hydrogen-bond donors (Lipinski definition) is 2. The second-order valence-corrected chi connectivity index (χ2v) is 7.41. The van der Waals surface area contributed by atoms with Gasteiger partial charge in [0.25, 0.3) is 11.8 Å². The van der Waals surface area contributed by atoms with Gasteiger partial charge in [0.05, 0.1) is 11.8 Å². The van der Waals surface area contributed by atoms with E-state index in [1.165, 1.54) is 18.4 Å². The molecule has 0 radical (unpaired) electrons. The van der Waals surface area contributed by atoms with E-state index in [0.29, 0.717) is 17.8 Å². The summed E-state index contributed by atoms with van der Waals surface area (Å²) in [6.45, 7) is 4.05. The zero-order valence-corrected chi connectivity index (χ0v) is 17.7. The lowest BCUT2D eigenvalue weighted by Gasteiger charge is -2.10. The third-order valence-corrected chi connectivity index (χ3v) is 5.14. The summed E-state index contributed by atoms with van der Waals surface area (Å²) in [5.74, 6) is -0.641. The molecule has 2 aromatic carbocycles. The average molecular weight is 431 g/mol. The fraction of sp³-hybridized carbons (Fsp3) is 0.120. The Bertz CT molecular complexity index is 1260. The fourth-order valence-corrected chi connectivity index (χ4v) is 3.62. The van der Waals surface area contributed by atoms with Crippen LogP contribution in [0.1, 0.15) is 37.9 Å². The number of anilines is 1. The SMILES string of the molecule is Cc1cc(C(=O)NCc2cccc(NC(=O)c3ccco3)c2)c(C)n1-c1ccc(F)cc1. The van der Waals surface area contributed by atoms with Crippen molar-refractivity contribution in [3.05, 3.63) is 107 Å². The summed E-state index contributed by atoms with van der Waals surface area (Å²) in [6, 6.07) is 18.4. The number of hydrogen-bond acceptors (Lipinski definition) is 3. The van der Waals surface area contributed by atoms with Gasteiger partial charge in [0.2, 0.25) is 0 Å². The summed E-state index contributed by atoms with van der Waals surface area (Å²) in [5.41, 5.74) is 4.43. The van der Waals surface area contributed by atoms with Crippen molar-refractivity contribution in [3.63, 3.8) is 0 Å². The number of carbonyl (C=O) groups excluding carboxylic acids is 2. The molecule has 0 fully saturated rings. The molecule has 0 spiro atoms. The minimum Gasteiger partial charge on any atom is -0.459 e. The van der Waals surface area contributed by atoms with Crippen molar-refractivity contribution < 1.29 is 18.4 Å². The van der Waals surface area contributed by atoms with Gasteiger partial charge < -0.3 is 19.6 Å². The molecule has 0 unspecified atom stereocenters. The Hall–Kier alpha value is -4.13. The van der Waals surface area contributed by atoms with E-state index < -0.39 is 0 Å². The summed E-state index contributed by atoms with van der Waals surface area (Å²) in [6.07, 6.45) is 1.44. The Labute approximate surface area is 184 Å². The van der Waals surface area contributed by atoms with E-state index in [0.717, 1.165) is 22.6 Å². The molecular formula is C25H22FN3O3. The largest absolute Gasteiger partial charge is 0.459 e. The molecular weight excluding hydrogens is 409 g/mol. The van der Waals surface area contributed by atoms with Gasteiger partial charge in [-0.1, -0.05) is 12.1 Å². The predicted molar refractivity (Wildman–Crippen MR) is 119 cm³/mol. The molecule has 32 heavy (non-hydrogen) atoms. The zero-order chi connectivity index (χ0) is 22.7. The molecule has 2 aromatic heterocycles. The van der Waals surface area contributed by atoms with Gasteiger partial charge in [-0.15, -0.1) is 0 Å². The minimum absolute atomic E-state index is 0.212. The van der Waals surface area contributed by atoms with Crippen molar-refractivity contribution in [2.45, 2.75) is 20.4 Å². The van der Waals surface area contributed by atoms with Crippen molar-refractivity contribution in [3.8, 4) is 5.69 Å². The summed E-state index contributed by atoms with van der Waals surface area (Å²) < 4.78 is 20.3. The first-order valence-corrected chi connectivity index (χ1v) is 10.1. The number of halogens is 1. The Balaban J connectivity index is 1.45. The molecule has 0 saturated carbocycles. The lowest BCUT2D eigenvalue weighted by molar-refractivity contribution is 0.0949. The lowest BCUT2D eigenvalue weighted by atomic mass is 10.1. The second kappa shape index (κ2) is 8.93. The van der Waals surface area contributed by atoms with Crippen LogP contribution in [0.3, 0.4) is 0 Å². The highest BCUT2D eigenvalue weighted by atomic mass is 19.1. The monoisotopic (exact) mass is 431 g/mol. The van der Waals surface area contributed by atoms with Crippen LogP contribution in [0.15, 0.2) is 77.4 Å². The summed E-state index contributed by atoms with van der Waals surface area (Å²) in [5, 5.41) is 5.69. The van der Waals surface area contributed by atoms with Crippen molar-refractivity contribution in [1.29, 1.82) is 0 Å². The first-order valence-electron chi connectivity index (χ1n) is 10.1. The quantitative estimate of drug-likeness (QED) is 0.451. The highest BCUT2D eigenvalue weighted by molar-refractivity contribution is 6.02. The molecule has 0 aliphatic carbocycles. The molecule has 0 aliphatic heterocycles. The molecule has 0 saturated heterocycles. The van der Waals surface area contributed by atoms with Gasteiger partial charge in [0.1, 0.15) is 5.82 Å². The fourth-order valence-electron chi connectivity index (χ4n) is 3.62. The predicted octanol–water partition coefficient (Wildman–Crippen LogP) is 5.01. The number of benzene rings is 2. The Morgan fingerprint density at radius 1 is 0.969 bits per heavy atom. The summed E-state index contributed by atoms with van der Waals surface area (Å²) in [7, 11) is 0. The summed E-state index contributed by atoms with van der Waals surface area (Å²) in [4.78, 5) is 25.0. The molecule has 6 nitrogen and oxygen atoms in total. The minimum atomic E-state index is -0.343. The Kier molecular flexibility index (Phi) is 5.89. The average Bonchev–Trinajstić information content (AvgIpc) is 3.42. The van der Waals surface area contributed by atoms with Crippen LogP contribution in [0.4, 0.5) is 10.1 Å². The third kappa shape index (κ3) is 4.46. The van der Waals surface area contributed by atoms with Crippen LogP contribution in [-0.4, -0.2) is 16.4 Å². The molecule has 162 valence electrons. The summed E-state index contributed by atoms with van der Waals surface area (Å²) >= 11 is 0. The number of amides is 2. The van der Waals surface area contributed by atoms with Gasteiger partial charge in [0, 0.05) is 29.3 Å². The topological polar surface area (TPSA) is 76.3 Å². The Morgan fingerprint density at radius 2 is 1.75 bits per heavy atom. The first kappa shape index (κ1) is 21.1. The van der Waals surface area contributed by atoms with Crippen LogP contribution in [0, 0.1) is 19.7 Å². The van der Waals surface area contributed by atoms with Crippen molar-refractivity contribution in [2.75, 3.05) is 5.32 Å². The normalized spacial score (nSPS) is 10.7. The van der Waals surface area contributed by atoms with Crippen LogP contribution < -0.4 is 10.6 Å². The van der Waals surface area contributed by atoms with E-state index in [2.05, 4.69) is 10.6 Å². The van der Waals surface area contributed by atoms with Crippen LogP contribution in [0.25, 0.3) is 5.69 Å². The maximum Gasteiger partial charge on any atom is 0.291 e. The molecule has 2 heterocycles. The first-order chi connectivity index (χ1) is 15.4.